The number of halogens is 1. The van der Waals surface area contributed by atoms with E-state index in [1.54, 1.807) is 7.11 Å². The van der Waals surface area contributed by atoms with Gasteiger partial charge in [0, 0.05) is 26.1 Å². The van der Waals surface area contributed by atoms with Crippen LogP contribution < -0.4 is 10.5 Å². The zero-order chi connectivity index (χ0) is 17.2. The number of nitrogens with two attached hydrogens (primary N) is 1. The number of aryl methyl sites for hydroxylation is 1. The lowest BCUT2D eigenvalue weighted by Gasteiger charge is -2.32. The molecule has 5 nitrogen and oxygen atoms in total. The molecule has 0 atom stereocenters. The largest absolute Gasteiger partial charge is 0.497 e. The van der Waals surface area contributed by atoms with E-state index in [1.165, 1.54) is 5.56 Å². The fraction of sp³-hybridized carbons (Fsp3) is 0.632. The standard InChI is InChI=1S/C19H30N2O3.ClH/c1-23-17-8-6-16(7-9-17)4-2-5-19(22)21-13-10-18(11-14-21)24-15-3-12-20;/h6-9,18H,2-5,10-15,20H2,1H3;1H. The van der Waals surface area contributed by atoms with Gasteiger partial charge in [-0.05, 0) is 56.3 Å². The molecule has 1 saturated heterocycles. The van der Waals surface area contributed by atoms with E-state index in [2.05, 4.69) is 12.1 Å². The number of rotatable bonds is 9. The van der Waals surface area contributed by atoms with Gasteiger partial charge >= 0.3 is 0 Å². The summed E-state index contributed by atoms with van der Waals surface area (Å²) < 4.78 is 10.9. The van der Waals surface area contributed by atoms with E-state index in [1.807, 2.05) is 17.0 Å². The van der Waals surface area contributed by atoms with Crippen molar-refractivity contribution in [1.29, 1.82) is 0 Å². The van der Waals surface area contributed by atoms with Gasteiger partial charge in [0.15, 0.2) is 0 Å². The Kier molecular flexibility index (Phi) is 10.5. The summed E-state index contributed by atoms with van der Waals surface area (Å²) in [4.78, 5) is 14.3. The number of hydrogen-bond acceptors (Lipinski definition) is 4. The van der Waals surface area contributed by atoms with Gasteiger partial charge in [-0.2, -0.15) is 0 Å². The zero-order valence-electron chi connectivity index (χ0n) is 15.1. The highest BCUT2D eigenvalue weighted by Gasteiger charge is 2.22. The first-order valence-electron chi connectivity index (χ1n) is 8.95. The van der Waals surface area contributed by atoms with Crippen LogP contribution in [0.5, 0.6) is 5.75 Å². The molecule has 0 saturated carbocycles. The van der Waals surface area contributed by atoms with Crippen molar-refractivity contribution in [2.24, 2.45) is 5.73 Å². The van der Waals surface area contributed by atoms with Crippen molar-refractivity contribution in [3.63, 3.8) is 0 Å². The van der Waals surface area contributed by atoms with Crippen LogP contribution >= 0.6 is 12.4 Å². The van der Waals surface area contributed by atoms with E-state index in [0.29, 0.717) is 19.1 Å². The second kappa shape index (κ2) is 12.1. The third kappa shape index (κ3) is 7.63. The first-order valence-corrected chi connectivity index (χ1v) is 8.95. The van der Waals surface area contributed by atoms with Crippen LogP contribution in [0.25, 0.3) is 0 Å². The molecule has 1 aromatic carbocycles. The maximum Gasteiger partial charge on any atom is 0.222 e. The monoisotopic (exact) mass is 370 g/mol. The number of amides is 1. The van der Waals surface area contributed by atoms with Crippen molar-refractivity contribution in [2.45, 2.75) is 44.6 Å². The molecule has 1 aliphatic heterocycles. The number of ether oxygens (including phenoxy) is 2. The van der Waals surface area contributed by atoms with Crippen LogP contribution in [-0.2, 0) is 16.0 Å². The van der Waals surface area contributed by atoms with Gasteiger partial charge in [0.05, 0.1) is 13.2 Å². The van der Waals surface area contributed by atoms with E-state index >= 15 is 0 Å². The molecule has 0 bridgehead atoms. The summed E-state index contributed by atoms with van der Waals surface area (Å²) in [5.74, 6) is 1.13. The molecule has 0 aliphatic carbocycles. The molecule has 0 radical (unpaired) electrons. The molecule has 25 heavy (non-hydrogen) atoms. The minimum atomic E-state index is 0. The van der Waals surface area contributed by atoms with Gasteiger partial charge in [-0.3, -0.25) is 4.79 Å². The predicted molar refractivity (Wildman–Crippen MR) is 102 cm³/mol. The van der Waals surface area contributed by atoms with Crippen molar-refractivity contribution < 1.29 is 14.3 Å². The predicted octanol–water partition coefficient (Wildman–Crippen LogP) is 2.80. The lowest BCUT2D eigenvalue weighted by atomic mass is 10.1. The topological polar surface area (TPSA) is 64.8 Å². The van der Waals surface area contributed by atoms with Gasteiger partial charge in [0.1, 0.15) is 5.75 Å². The maximum absolute atomic E-state index is 12.3. The molecule has 142 valence electrons. The van der Waals surface area contributed by atoms with E-state index in [9.17, 15) is 4.79 Å². The fourth-order valence-corrected chi connectivity index (χ4v) is 3.00. The summed E-state index contributed by atoms with van der Waals surface area (Å²) in [5.41, 5.74) is 6.72. The molecule has 0 unspecified atom stereocenters. The molecule has 0 aromatic heterocycles. The van der Waals surface area contributed by atoms with Crippen LogP contribution in [0.1, 0.15) is 37.7 Å². The Bertz CT molecular complexity index is 488. The highest BCUT2D eigenvalue weighted by molar-refractivity contribution is 5.85. The van der Waals surface area contributed by atoms with Crippen molar-refractivity contribution in [1.82, 2.24) is 4.90 Å². The second-order valence-corrected chi connectivity index (χ2v) is 6.29. The first-order chi connectivity index (χ1) is 11.7. The van der Waals surface area contributed by atoms with Crippen LogP contribution in [0, 0.1) is 0 Å². The number of piperidine rings is 1. The Hall–Kier alpha value is -1.30. The smallest absolute Gasteiger partial charge is 0.222 e. The van der Waals surface area contributed by atoms with Gasteiger partial charge in [-0.25, -0.2) is 0 Å². The Labute approximate surface area is 157 Å². The van der Waals surface area contributed by atoms with Gasteiger partial charge in [-0.1, -0.05) is 12.1 Å². The fourth-order valence-electron chi connectivity index (χ4n) is 3.00. The normalized spacial score (nSPS) is 14.9. The molecule has 2 N–H and O–H groups in total. The first kappa shape index (κ1) is 21.7. The van der Waals surface area contributed by atoms with Gasteiger partial charge in [0.2, 0.25) is 5.91 Å². The molecule has 1 aromatic rings. The summed E-state index contributed by atoms with van der Waals surface area (Å²) in [6, 6.07) is 8.06. The average Bonchev–Trinajstić information content (AvgIpc) is 2.63. The number of hydrogen-bond donors (Lipinski definition) is 1. The minimum Gasteiger partial charge on any atom is -0.497 e. The van der Waals surface area contributed by atoms with Crippen molar-refractivity contribution >= 4 is 18.3 Å². The highest BCUT2D eigenvalue weighted by Crippen LogP contribution is 2.17. The van der Waals surface area contributed by atoms with E-state index in [-0.39, 0.29) is 18.3 Å². The molecule has 0 spiro atoms. The van der Waals surface area contributed by atoms with Crippen LogP contribution in [-0.4, -0.2) is 50.3 Å². The molecule has 6 heteroatoms. The molecule has 2 rings (SSSR count). The summed E-state index contributed by atoms with van der Waals surface area (Å²) >= 11 is 0. The van der Waals surface area contributed by atoms with Gasteiger partial charge in [-0.15, -0.1) is 12.4 Å². The summed E-state index contributed by atoms with van der Waals surface area (Å²) in [7, 11) is 1.67. The van der Waals surface area contributed by atoms with E-state index < -0.39 is 0 Å². The lowest BCUT2D eigenvalue weighted by molar-refractivity contribution is -0.133. The number of methoxy groups -OCH3 is 1. The molecule has 1 heterocycles. The molecule has 1 amide bonds. The van der Waals surface area contributed by atoms with Gasteiger partial charge in [0.25, 0.3) is 0 Å². The lowest BCUT2D eigenvalue weighted by Crippen LogP contribution is -2.41. The van der Waals surface area contributed by atoms with E-state index in [0.717, 1.165) is 57.6 Å². The average molecular weight is 371 g/mol. The Morgan fingerprint density at radius 3 is 2.48 bits per heavy atom. The SMILES string of the molecule is COc1ccc(CCCC(=O)N2CCC(OCCCN)CC2)cc1.Cl. The van der Waals surface area contributed by atoms with Crippen LogP contribution in [0.15, 0.2) is 24.3 Å². The van der Waals surface area contributed by atoms with E-state index in [4.69, 9.17) is 15.2 Å². The second-order valence-electron chi connectivity index (χ2n) is 6.29. The molecule has 1 fully saturated rings. The van der Waals surface area contributed by atoms with Crippen LogP contribution in [0.2, 0.25) is 0 Å². The third-order valence-corrected chi connectivity index (χ3v) is 4.51. The number of likely N-dealkylation sites (tertiary alicyclic amines) is 1. The van der Waals surface area contributed by atoms with Crippen molar-refractivity contribution in [3.8, 4) is 5.75 Å². The number of benzene rings is 1. The van der Waals surface area contributed by atoms with Crippen molar-refractivity contribution in [3.05, 3.63) is 29.8 Å². The summed E-state index contributed by atoms with van der Waals surface area (Å²) in [5, 5.41) is 0. The number of carbonyl (C=O) groups is 1. The minimum absolute atomic E-state index is 0. The summed E-state index contributed by atoms with van der Waals surface area (Å²) in [6.45, 7) is 3.03. The number of carbonyl (C=O) groups excluding carboxylic acids is 1. The molecular weight excluding hydrogens is 340 g/mol. The third-order valence-electron chi connectivity index (χ3n) is 4.51. The quantitative estimate of drug-likeness (QED) is 0.679. The Morgan fingerprint density at radius 2 is 1.88 bits per heavy atom. The Morgan fingerprint density at radius 1 is 1.20 bits per heavy atom. The van der Waals surface area contributed by atoms with Crippen LogP contribution in [0.3, 0.4) is 0 Å². The number of nitrogens with zero attached hydrogens (tertiary/aromatic N) is 1. The Balaban J connectivity index is 0.00000312. The molecular formula is C19H31ClN2O3. The van der Waals surface area contributed by atoms with Gasteiger partial charge < -0.3 is 20.1 Å². The molecule has 1 aliphatic rings. The van der Waals surface area contributed by atoms with Crippen LogP contribution in [0.4, 0.5) is 0 Å². The summed E-state index contributed by atoms with van der Waals surface area (Å²) in [6.07, 6.45) is 5.51. The zero-order valence-corrected chi connectivity index (χ0v) is 15.9. The maximum atomic E-state index is 12.3. The highest BCUT2D eigenvalue weighted by atomic mass is 35.5. The van der Waals surface area contributed by atoms with Crippen molar-refractivity contribution in [2.75, 3.05) is 33.4 Å².